The molecule has 1 heterocycles. The summed E-state index contributed by atoms with van der Waals surface area (Å²) in [7, 11) is 0. The summed E-state index contributed by atoms with van der Waals surface area (Å²) in [6.07, 6.45) is 4.09. The molecule has 1 aliphatic heterocycles. The molecule has 1 aliphatic rings. The largest absolute Gasteiger partial charge is 0.348 e. The third-order valence-electron chi connectivity index (χ3n) is 0.598. The van der Waals surface area contributed by atoms with Gasteiger partial charge in [0, 0.05) is 12.6 Å². The molecule has 1 amide bonds. The number of nitrogens with one attached hydrogen (secondary N) is 1. The first-order valence-corrected chi connectivity index (χ1v) is 1.74. The maximum Gasteiger partial charge on any atom is 0.244 e. The van der Waals surface area contributed by atoms with Gasteiger partial charge in [-0.15, -0.1) is 0 Å². The Bertz CT molecular complexity index is 95.7. The van der Waals surface area contributed by atoms with Crippen LogP contribution in [-0.2, 0) is 4.79 Å². The molecule has 0 aromatic rings. The molecule has 2 nitrogen and oxygen atoms in total. The molecule has 1 rings (SSSR count). The van der Waals surface area contributed by atoms with E-state index >= 15 is 0 Å². The van der Waals surface area contributed by atoms with Crippen LogP contribution in [0.1, 0.15) is 0 Å². The molecule has 0 fully saturated rings. The van der Waals surface area contributed by atoms with Gasteiger partial charge < -0.3 is 5.32 Å². The second kappa shape index (κ2) is 1.12. The van der Waals surface area contributed by atoms with E-state index in [2.05, 4.69) is 11.4 Å². The molecule has 0 aromatic carbocycles. The molecular weight excluding hydrogens is 78.0 g/mol. The lowest BCUT2D eigenvalue weighted by molar-refractivity contribution is -0.115. The Morgan fingerprint density at radius 2 is 2.83 bits per heavy atom. The Morgan fingerprint density at radius 3 is 3.00 bits per heavy atom. The smallest absolute Gasteiger partial charge is 0.244 e. The van der Waals surface area contributed by atoms with Crippen LogP contribution in [-0.4, -0.2) is 12.5 Å². The van der Waals surface area contributed by atoms with Crippen molar-refractivity contribution in [1.29, 1.82) is 0 Å². The molecule has 0 bridgehead atoms. The lowest BCUT2D eigenvalue weighted by Gasteiger charge is -1.80. The molecule has 0 spiro atoms. The highest BCUT2D eigenvalue weighted by molar-refractivity contribution is 5.88. The molecule has 0 unspecified atom stereocenters. The standard InChI is InChI=1S/C4H4NO/c6-4-2-1-3-5-4/h2H,3H2,(H,5,6). The SMILES string of the molecule is O=C1C=[C]CN1. The summed E-state index contributed by atoms with van der Waals surface area (Å²) in [6, 6.07) is 0. The van der Waals surface area contributed by atoms with Crippen molar-refractivity contribution in [2.75, 3.05) is 6.54 Å². The van der Waals surface area contributed by atoms with Crippen LogP contribution in [0, 0.1) is 6.08 Å². The summed E-state index contributed by atoms with van der Waals surface area (Å²) in [5.41, 5.74) is 0. The van der Waals surface area contributed by atoms with Gasteiger partial charge >= 0.3 is 0 Å². The summed E-state index contributed by atoms with van der Waals surface area (Å²) in [4.78, 5) is 10.0. The summed E-state index contributed by atoms with van der Waals surface area (Å²) in [5, 5.41) is 2.51. The quantitative estimate of drug-likeness (QED) is 0.418. The molecule has 0 saturated carbocycles. The maximum absolute atomic E-state index is 10.0. The topological polar surface area (TPSA) is 29.1 Å². The number of carbonyl (C=O) groups is 1. The van der Waals surface area contributed by atoms with E-state index in [-0.39, 0.29) is 5.91 Å². The molecular formula is C4H4NO. The number of rotatable bonds is 0. The fourth-order valence-corrected chi connectivity index (χ4v) is 0.333. The third-order valence-corrected chi connectivity index (χ3v) is 0.598. The van der Waals surface area contributed by atoms with Gasteiger partial charge in [0.25, 0.3) is 0 Å². The Balaban J connectivity index is 2.59. The molecule has 0 saturated heterocycles. The first kappa shape index (κ1) is 3.40. The van der Waals surface area contributed by atoms with Crippen LogP contribution in [0.4, 0.5) is 0 Å². The van der Waals surface area contributed by atoms with E-state index in [9.17, 15) is 4.79 Å². The zero-order valence-corrected chi connectivity index (χ0v) is 3.19. The van der Waals surface area contributed by atoms with E-state index in [1.54, 1.807) is 0 Å². The normalized spacial score (nSPS) is 18.3. The van der Waals surface area contributed by atoms with Crippen molar-refractivity contribution in [3.63, 3.8) is 0 Å². The highest BCUT2D eigenvalue weighted by atomic mass is 16.1. The molecule has 31 valence electrons. The van der Waals surface area contributed by atoms with Crippen LogP contribution in [0.5, 0.6) is 0 Å². The highest BCUT2D eigenvalue weighted by Gasteiger charge is 1.96. The minimum atomic E-state index is -0.0324. The van der Waals surface area contributed by atoms with Gasteiger partial charge in [0.15, 0.2) is 0 Å². The van der Waals surface area contributed by atoms with Crippen LogP contribution < -0.4 is 5.32 Å². The number of amides is 1. The van der Waals surface area contributed by atoms with E-state index in [1.165, 1.54) is 6.08 Å². The average molecular weight is 82.1 g/mol. The second-order valence-corrected chi connectivity index (χ2v) is 1.07. The summed E-state index contributed by atoms with van der Waals surface area (Å²) >= 11 is 0. The van der Waals surface area contributed by atoms with Gasteiger partial charge in [-0.1, -0.05) is 0 Å². The van der Waals surface area contributed by atoms with Crippen LogP contribution >= 0.6 is 0 Å². The average Bonchev–Trinajstić information content (AvgIpc) is 1.86. The maximum atomic E-state index is 10.0. The minimum Gasteiger partial charge on any atom is -0.348 e. The number of hydrogen-bond acceptors (Lipinski definition) is 1. The third kappa shape index (κ3) is 0.407. The minimum absolute atomic E-state index is 0.0324. The Kier molecular flexibility index (Phi) is 0.638. The first-order valence-electron chi connectivity index (χ1n) is 1.74. The van der Waals surface area contributed by atoms with Gasteiger partial charge in [0.2, 0.25) is 5.91 Å². The molecule has 0 aliphatic carbocycles. The molecule has 1 radical (unpaired) electrons. The van der Waals surface area contributed by atoms with Crippen molar-refractivity contribution < 1.29 is 4.79 Å². The van der Waals surface area contributed by atoms with Gasteiger partial charge in [-0.25, -0.2) is 0 Å². The van der Waals surface area contributed by atoms with E-state index in [0.29, 0.717) is 6.54 Å². The summed E-state index contributed by atoms with van der Waals surface area (Å²) in [6.45, 7) is 0.582. The predicted octanol–water partition coefficient (Wildman–Crippen LogP) is -0.524. The number of carbonyl (C=O) groups excluding carboxylic acids is 1. The van der Waals surface area contributed by atoms with E-state index in [4.69, 9.17) is 0 Å². The molecule has 2 heteroatoms. The second-order valence-electron chi connectivity index (χ2n) is 1.07. The van der Waals surface area contributed by atoms with Gasteiger partial charge in [-0.2, -0.15) is 0 Å². The predicted molar refractivity (Wildman–Crippen MR) is 20.8 cm³/mol. The van der Waals surface area contributed by atoms with Crippen LogP contribution in [0.15, 0.2) is 6.08 Å². The van der Waals surface area contributed by atoms with Crippen molar-refractivity contribution in [3.05, 3.63) is 12.2 Å². The van der Waals surface area contributed by atoms with Crippen molar-refractivity contribution >= 4 is 5.91 Å². The molecule has 6 heavy (non-hydrogen) atoms. The lowest BCUT2D eigenvalue weighted by atomic mass is 10.6. The Morgan fingerprint density at radius 1 is 2.00 bits per heavy atom. The van der Waals surface area contributed by atoms with E-state index in [0.717, 1.165) is 0 Å². The van der Waals surface area contributed by atoms with Gasteiger partial charge in [-0.3, -0.25) is 4.79 Å². The first-order chi connectivity index (χ1) is 2.89. The molecule has 0 aromatic heterocycles. The zero-order valence-electron chi connectivity index (χ0n) is 3.19. The fourth-order valence-electron chi connectivity index (χ4n) is 0.333. The van der Waals surface area contributed by atoms with Gasteiger partial charge in [0.05, 0.1) is 0 Å². The van der Waals surface area contributed by atoms with Crippen LogP contribution in [0.25, 0.3) is 0 Å². The number of hydrogen-bond donors (Lipinski definition) is 1. The van der Waals surface area contributed by atoms with Crippen molar-refractivity contribution in [3.8, 4) is 0 Å². The monoisotopic (exact) mass is 82.0 g/mol. The van der Waals surface area contributed by atoms with Gasteiger partial charge in [0.1, 0.15) is 0 Å². The van der Waals surface area contributed by atoms with Crippen LogP contribution in [0.3, 0.4) is 0 Å². The Hall–Kier alpha value is -0.790. The van der Waals surface area contributed by atoms with Gasteiger partial charge in [-0.05, 0) is 6.08 Å². The lowest BCUT2D eigenvalue weighted by Crippen LogP contribution is -2.13. The van der Waals surface area contributed by atoms with Crippen molar-refractivity contribution in [2.24, 2.45) is 0 Å². The molecule has 1 N–H and O–H groups in total. The summed E-state index contributed by atoms with van der Waals surface area (Å²) in [5.74, 6) is -0.0324. The fraction of sp³-hybridized carbons (Fsp3) is 0.250. The van der Waals surface area contributed by atoms with Crippen LogP contribution in [0.2, 0.25) is 0 Å². The Labute approximate surface area is 35.9 Å². The van der Waals surface area contributed by atoms with E-state index < -0.39 is 0 Å². The molecule has 0 atom stereocenters. The van der Waals surface area contributed by atoms with Crippen molar-refractivity contribution in [1.82, 2.24) is 5.32 Å². The van der Waals surface area contributed by atoms with Crippen molar-refractivity contribution in [2.45, 2.75) is 0 Å². The van der Waals surface area contributed by atoms with E-state index in [1.807, 2.05) is 0 Å². The highest BCUT2D eigenvalue weighted by Crippen LogP contribution is 1.77. The summed E-state index contributed by atoms with van der Waals surface area (Å²) < 4.78 is 0. The zero-order chi connectivity index (χ0) is 4.41.